The van der Waals surface area contributed by atoms with Gasteiger partial charge in [0.15, 0.2) is 9.84 Å². The smallest absolute Gasteiger partial charge is 0.224 e. The molecule has 0 saturated carbocycles. The van der Waals surface area contributed by atoms with Crippen molar-refractivity contribution >= 4 is 27.5 Å². The molecule has 0 saturated heterocycles. The van der Waals surface area contributed by atoms with Crippen LogP contribution in [0.25, 0.3) is 6.08 Å². The van der Waals surface area contributed by atoms with E-state index in [0.29, 0.717) is 22.1 Å². The van der Waals surface area contributed by atoms with E-state index in [9.17, 15) is 26.0 Å². The molecular weight excluding hydrogens is 368 g/mol. The van der Waals surface area contributed by atoms with Gasteiger partial charge in [-0.05, 0) is 41.5 Å². The Labute approximate surface area is 141 Å². The van der Waals surface area contributed by atoms with Crippen LogP contribution in [0.3, 0.4) is 0 Å². The maximum absolute atomic E-state index is 13.0. The quantitative estimate of drug-likeness (QED) is 0.695. The largest absolute Gasteiger partial charge is 0.417 e. The SMILES string of the molecule is O=S(=O)(/C=C/c1ccc(F)cc1C(F)(F)F)Cc1ccc(Cl)cc1. The molecule has 0 aromatic heterocycles. The maximum Gasteiger partial charge on any atom is 0.417 e. The Bertz CT molecular complexity index is 857. The van der Waals surface area contributed by atoms with E-state index in [2.05, 4.69) is 0 Å². The number of halogens is 5. The highest BCUT2D eigenvalue weighted by molar-refractivity contribution is 7.93. The zero-order chi connectivity index (χ0) is 18.0. The van der Waals surface area contributed by atoms with Gasteiger partial charge in [0, 0.05) is 10.4 Å². The maximum atomic E-state index is 13.0. The summed E-state index contributed by atoms with van der Waals surface area (Å²) in [4.78, 5) is 0. The van der Waals surface area contributed by atoms with Crippen molar-refractivity contribution in [2.75, 3.05) is 0 Å². The van der Waals surface area contributed by atoms with Crippen molar-refractivity contribution in [1.82, 2.24) is 0 Å². The Morgan fingerprint density at radius 2 is 1.67 bits per heavy atom. The van der Waals surface area contributed by atoms with Crippen molar-refractivity contribution in [2.24, 2.45) is 0 Å². The van der Waals surface area contributed by atoms with Gasteiger partial charge in [0.1, 0.15) is 5.82 Å². The molecule has 8 heteroatoms. The van der Waals surface area contributed by atoms with Gasteiger partial charge >= 0.3 is 6.18 Å². The lowest BCUT2D eigenvalue weighted by atomic mass is 10.1. The third-order valence-corrected chi connectivity index (χ3v) is 4.60. The van der Waals surface area contributed by atoms with E-state index in [4.69, 9.17) is 11.6 Å². The average Bonchev–Trinajstić information content (AvgIpc) is 2.47. The predicted molar refractivity (Wildman–Crippen MR) is 84.5 cm³/mol. The molecule has 0 N–H and O–H groups in total. The van der Waals surface area contributed by atoms with Crippen molar-refractivity contribution in [3.63, 3.8) is 0 Å². The summed E-state index contributed by atoms with van der Waals surface area (Å²) in [6, 6.07) is 8.08. The Balaban J connectivity index is 2.28. The fraction of sp³-hybridized carbons (Fsp3) is 0.125. The Morgan fingerprint density at radius 1 is 1.04 bits per heavy atom. The van der Waals surface area contributed by atoms with E-state index < -0.39 is 33.0 Å². The lowest BCUT2D eigenvalue weighted by molar-refractivity contribution is -0.137. The van der Waals surface area contributed by atoms with Gasteiger partial charge in [-0.1, -0.05) is 29.8 Å². The first kappa shape index (κ1) is 18.5. The lowest BCUT2D eigenvalue weighted by Gasteiger charge is -2.10. The molecule has 0 fully saturated rings. The molecular formula is C16H11ClF4O2S. The number of hydrogen-bond donors (Lipinski definition) is 0. The first-order chi connectivity index (χ1) is 11.1. The summed E-state index contributed by atoms with van der Waals surface area (Å²) in [7, 11) is -3.80. The summed E-state index contributed by atoms with van der Waals surface area (Å²) in [6.45, 7) is 0. The standard InChI is InChI=1S/C16H11ClF4O2S/c17-13-4-1-11(2-5-13)10-24(22,23)8-7-12-3-6-14(18)9-15(12)16(19,20)21/h1-9H,10H2/b8-7+. The van der Waals surface area contributed by atoms with E-state index in [1.54, 1.807) is 0 Å². The summed E-state index contributed by atoms with van der Waals surface area (Å²) in [5, 5.41) is 1.12. The topological polar surface area (TPSA) is 34.1 Å². The minimum absolute atomic E-state index is 0.325. The monoisotopic (exact) mass is 378 g/mol. The van der Waals surface area contributed by atoms with Gasteiger partial charge in [0.05, 0.1) is 11.3 Å². The van der Waals surface area contributed by atoms with Gasteiger partial charge in [-0.3, -0.25) is 0 Å². The van der Waals surface area contributed by atoms with Crippen LogP contribution in [0, 0.1) is 5.82 Å². The first-order valence-electron chi connectivity index (χ1n) is 6.59. The van der Waals surface area contributed by atoms with Crippen molar-refractivity contribution in [1.29, 1.82) is 0 Å². The Kier molecular flexibility index (Phi) is 5.35. The van der Waals surface area contributed by atoms with E-state index in [1.807, 2.05) is 0 Å². The minimum Gasteiger partial charge on any atom is -0.224 e. The highest BCUT2D eigenvalue weighted by atomic mass is 35.5. The van der Waals surface area contributed by atoms with Gasteiger partial charge in [-0.2, -0.15) is 13.2 Å². The molecule has 0 unspecified atom stereocenters. The third-order valence-electron chi connectivity index (χ3n) is 3.06. The van der Waals surface area contributed by atoms with Crippen molar-refractivity contribution in [2.45, 2.75) is 11.9 Å². The highest BCUT2D eigenvalue weighted by Gasteiger charge is 2.33. The summed E-state index contributed by atoms with van der Waals surface area (Å²) in [6.07, 6.45) is -3.98. The zero-order valence-electron chi connectivity index (χ0n) is 12.0. The van der Waals surface area contributed by atoms with Crippen molar-refractivity contribution in [3.8, 4) is 0 Å². The second kappa shape index (κ2) is 6.94. The highest BCUT2D eigenvalue weighted by Crippen LogP contribution is 2.33. The molecule has 0 aliphatic carbocycles. The molecule has 0 aliphatic heterocycles. The van der Waals surface area contributed by atoms with Crippen LogP contribution in [0.15, 0.2) is 47.9 Å². The molecule has 24 heavy (non-hydrogen) atoms. The second-order valence-corrected chi connectivity index (χ2v) is 7.29. The van der Waals surface area contributed by atoms with Gasteiger partial charge < -0.3 is 0 Å². The van der Waals surface area contributed by atoms with Gasteiger partial charge in [-0.15, -0.1) is 0 Å². The van der Waals surface area contributed by atoms with Crippen LogP contribution in [0.1, 0.15) is 16.7 Å². The van der Waals surface area contributed by atoms with Crippen LogP contribution in [-0.2, 0) is 21.8 Å². The number of alkyl halides is 3. The van der Waals surface area contributed by atoms with Crippen molar-refractivity contribution in [3.05, 3.63) is 75.4 Å². The summed E-state index contributed by atoms with van der Waals surface area (Å²) in [5.41, 5.74) is -1.22. The van der Waals surface area contributed by atoms with Crippen LogP contribution < -0.4 is 0 Å². The number of sulfone groups is 1. The van der Waals surface area contributed by atoms with Gasteiger partial charge in [-0.25, -0.2) is 12.8 Å². The van der Waals surface area contributed by atoms with Gasteiger partial charge in [0.25, 0.3) is 0 Å². The second-order valence-electron chi connectivity index (χ2n) is 4.97. The van der Waals surface area contributed by atoms with Crippen LogP contribution in [-0.4, -0.2) is 8.42 Å². The molecule has 2 nitrogen and oxygen atoms in total. The Morgan fingerprint density at radius 3 is 2.25 bits per heavy atom. The molecule has 0 aliphatic rings. The molecule has 0 spiro atoms. The van der Waals surface area contributed by atoms with Gasteiger partial charge in [0.2, 0.25) is 0 Å². The molecule has 0 amide bonds. The predicted octanol–water partition coefficient (Wildman–Crippen LogP) is 5.08. The van der Waals surface area contributed by atoms with E-state index in [0.717, 1.165) is 18.2 Å². The Hall–Kier alpha value is -1.86. The number of benzene rings is 2. The van der Waals surface area contributed by atoms with Crippen molar-refractivity contribution < 1.29 is 26.0 Å². The first-order valence-corrected chi connectivity index (χ1v) is 8.68. The molecule has 0 bridgehead atoms. The number of hydrogen-bond acceptors (Lipinski definition) is 2. The van der Waals surface area contributed by atoms with Crippen LogP contribution in [0.2, 0.25) is 5.02 Å². The molecule has 0 atom stereocenters. The molecule has 0 heterocycles. The molecule has 2 aromatic carbocycles. The molecule has 2 aromatic rings. The zero-order valence-corrected chi connectivity index (χ0v) is 13.6. The van der Waals surface area contributed by atoms with E-state index >= 15 is 0 Å². The summed E-state index contributed by atoms with van der Waals surface area (Å²) in [5.74, 6) is -1.44. The summed E-state index contributed by atoms with van der Waals surface area (Å²) >= 11 is 5.70. The van der Waals surface area contributed by atoms with E-state index in [-0.39, 0.29) is 5.75 Å². The average molecular weight is 379 g/mol. The molecule has 2 rings (SSSR count). The number of rotatable bonds is 4. The third kappa shape index (κ3) is 5.07. The van der Waals surface area contributed by atoms with Crippen LogP contribution >= 0.6 is 11.6 Å². The van der Waals surface area contributed by atoms with Crippen LogP contribution in [0.5, 0.6) is 0 Å². The van der Waals surface area contributed by atoms with E-state index in [1.165, 1.54) is 24.3 Å². The lowest BCUT2D eigenvalue weighted by Crippen LogP contribution is -2.08. The normalized spacial score (nSPS) is 12.7. The summed E-state index contributed by atoms with van der Waals surface area (Å²) < 4.78 is 75.7. The fourth-order valence-electron chi connectivity index (χ4n) is 1.96. The molecule has 128 valence electrons. The molecule has 0 radical (unpaired) electrons. The van der Waals surface area contributed by atoms with Crippen LogP contribution in [0.4, 0.5) is 17.6 Å². The fourth-order valence-corrected chi connectivity index (χ4v) is 3.19. The minimum atomic E-state index is -4.79.